The summed E-state index contributed by atoms with van der Waals surface area (Å²) in [4.78, 5) is 20.7. The molecule has 1 N–H and O–H groups in total. The number of amides is 1. The van der Waals surface area contributed by atoms with E-state index in [9.17, 15) is 4.79 Å². The van der Waals surface area contributed by atoms with E-state index in [0.29, 0.717) is 19.1 Å². The molecular formula is C19H30N4O2. The molecule has 2 fully saturated rings. The van der Waals surface area contributed by atoms with Gasteiger partial charge in [0, 0.05) is 50.2 Å². The van der Waals surface area contributed by atoms with Crippen LogP contribution in [0.25, 0.3) is 0 Å². The monoisotopic (exact) mass is 346 g/mol. The lowest BCUT2D eigenvalue weighted by atomic mass is 10.2. The molecule has 1 amide bonds. The highest BCUT2D eigenvalue weighted by Crippen LogP contribution is 2.24. The molecule has 0 radical (unpaired) electrons. The molecule has 138 valence electrons. The van der Waals surface area contributed by atoms with Gasteiger partial charge in [-0.25, -0.2) is 9.78 Å². The summed E-state index contributed by atoms with van der Waals surface area (Å²) >= 11 is 0. The van der Waals surface area contributed by atoms with Crippen LogP contribution < -0.4 is 10.2 Å². The second-order valence-corrected chi connectivity index (χ2v) is 7.98. The standard InChI is InChI=1S/C19H30N4O2/c1-19(2,3)25-18(24)23-12-10-22(11-13-23)16-8-9-20-17(14-16)21-15-6-4-5-7-15/h8-9,14-15H,4-7,10-13H2,1-3H3,(H,20,21). The van der Waals surface area contributed by atoms with Gasteiger partial charge < -0.3 is 19.9 Å². The number of ether oxygens (including phenoxy) is 1. The van der Waals surface area contributed by atoms with Gasteiger partial charge in [0.15, 0.2) is 0 Å². The van der Waals surface area contributed by atoms with Gasteiger partial charge in [-0.3, -0.25) is 0 Å². The van der Waals surface area contributed by atoms with Crippen LogP contribution in [0.4, 0.5) is 16.3 Å². The third kappa shape index (κ3) is 5.00. The number of anilines is 2. The molecule has 2 aliphatic rings. The normalized spacial score (nSPS) is 19.2. The van der Waals surface area contributed by atoms with Gasteiger partial charge >= 0.3 is 6.09 Å². The van der Waals surface area contributed by atoms with E-state index in [4.69, 9.17) is 4.74 Å². The predicted molar refractivity (Wildman–Crippen MR) is 100 cm³/mol. The third-order valence-corrected chi connectivity index (χ3v) is 4.75. The van der Waals surface area contributed by atoms with Crippen molar-refractivity contribution in [2.75, 3.05) is 36.4 Å². The lowest BCUT2D eigenvalue weighted by Gasteiger charge is -2.36. The Balaban J connectivity index is 1.54. The topological polar surface area (TPSA) is 57.7 Å². The van der Waals surface area contributed by atoms with Crippen molar-refractivity contribution in [3.05, 3.63) is 18.3 Å². The fourth-order valence-electron chi connectivity index (χ4n) is 3.45. The summed E-state index contributed by atoms with van der Waals surface area (Å²) < 4.78 is 5.46. The molecule has 25 heavy (non-hydrogen) atoms. The molecule has 0 spiro atoms. The van der Waals surface area contributed by atoms with E-state index in [1.807, 2.05) is 33.0 Å². The minimum atomic E-state index is -0.444. The molecule has 1 aliphatic heterocycles. The first-order chi connectivity index (χ1) is 11.9. The van der Waals surface area contributed by atoms with Gasteiger partial charge in [-0.15, -0.1) is 0 Å². The number of carbonyl (C=O) groups excluding carboxylic acids is 1. The number of hydrogen-bond donors (Lipinski definition) is 1. The van der Waals surface area contributed by atoms with Crippen molar-refractivity contribution in [3.63, 3.8) is 0 Å². The van der Waals surface area contributed by atoms with Gasteiger partial charge in [-0.2, -0.15) is 0 Å². The van der Waals surface area contributed by atoms with Gasteiger partial charge in [-0.05, 0) is 39.7 Å². The Labute approximate surface area is 150 Å². The Bertz CT molecular complexity index is 585. The van der Waals surface area contributed by atoms with Gasteiger partial charge in [-0.1, -0.05) is 12.8 Å². The molecule has 0 aromatic carbocycles. The summed E-state index contributed by atoms with van der Waals surface area (Å²) in [7, 11) is 0. The fraction of sp³-hybridized carbons (Fsp3) is 0.684. The quantitative estimate of drug-likeness (QED) is 0.908. The average Bonchev–Trinajstić information content (AvgIpc) is 3.07. The molecule has 0 atom stereocenters. The van der Waals surface area contributed by atoms with Gasteiger partial charge in [0.1, 0.15) is 11.4 Å². The van der Waals surface area contributed by atoms with Crippen LogP contribution in [0.15, 0.2) is 18.3 Å². The summed E-state index contributed by atoms with van der Waals surface area (Å²) in [5, 5.41) is 3.55. The van der Waals surface area contributed by atoms with Crippen LogP contribution in [-0.2, 0) is 4.74 Å². The van der Waals surface area contributed by atoms with E-state index >= 15 is 0 Å². The number of nitrogens with zero attached hydrogens (tertiary/aromatic N) is 3. The maximum atomic E-state index is 12.2. The number of aromatic nitrogens is 1. The van der Waals surface area contributed by atoms with Crippen LogP contribution in [0, 0.1) is 0 Å². The number of carbonyl (C=O) groups is 1. The second-order valence-electron chi connectivity index (χ2n) is 7.98. The van der Waals surface area contributed by atoms with Crippen molar-refractivity contribution in [2.24, 2.45) is 0 Å². The van der Waals surface area contributed by atoms with Gasteiger partial charge in [0.05, 0.1) is 0 Å². The predicted octanol–water partition coefficient (Wildman–Crippen LogP) is 3.49. The van der Waals surface area contributed by atoms with Crippen molar-refractivity contribution >= 4 is 17.6 Å². The SMILES string of the molecule is CC(C)(C)OC(=O)N1CCN(c2ccnc(NC3CCCC3)c2)CC1. The smallest absolute Gasteiger partial charge is 0.410 e. The highest BCUT2D eigenvalue weighted by molar-refractivity contribution is 5.68. The molecule has 6 heteroatoms. The molecule has 1 saturated carbocycles. The maximum absolute atomic E-state index is 12.2. The lowest BCUT2D eigenvalue weighted by molar-refractivity contribution is 0.0240. The summed E-state index contributed by atoms with van der Waals surface area (Å²) in [6, 6.07) is 4.73. The highest BCUT2D eigenvalue weighted by Gasteiger charge is 2.26. The Morgan fingerprint density at radius 1 is 1.20 bits per heavy atom. The summed E-state index contributed by atoms with van der Waals surface area (Å²) in [5.41, 5.74) is 0.722. The van der Waals surface area contributed by atoms with E-state index in [0.717, 1.165) is 18.9 Å². The van der Waals surface area contributed by atoms with Gasteiger partial charge in [0.2, 0.25) is 0 Å². The van der Waals surface area contributed by atoms with Crippen molar-refractivity contribution in [1.82, 2.24) is 9.88 Å². The first kappa shape index (κ1) is 17.8. The Hall–Kier alpha value is -1.98. The van der Waals surface area contributed by atoms with Crippen molar-refractivity contribution in [1.29, 1.82) is 0 Å². The van der Waals surface area contributed by atoms with Gasteiger partial charge in [0.25, 0.3) is 0 Å². The molecule has 1 saturated heterocycles. The summed E-state index contributed by atoms with van der Waals surface area (Å²) in [6.07, 6.45) is 6.74. The molecule has 2 heterocycles. The number of pyridine rings is 1. The minimum absolute atomic E-state index is 0.217. The number of piperazine rings is 1. The van der Waals surface area contributed by atoms with Crippen LogP contribution in [0.2, 0.25) is 0 Å². The molecule has 1 aromatic heterocycles. The lowest BCUT2D eigenvalue weighted by Crippen LogP contribution is -2.50. The fourth-order valence-corrected chi connectivity index (χ4v) is 3.45. The molecule has 1 aromatic rings. The largest absolute Gasteiger partial charge is 0.444 e. The van der Waals surface area contributed by atoms with E-state index < -0.39 is 5.60 Å². The third-order valence-electron chi connectivity index (χ3n) is 4.75. The molecule has 0 unspecified atom stereocenters. The number of nitrogens with one attached hydrogen (secondary N) is 1. The average molecular weight is 346 g/mol. The zero-order valence-electron chi connectivity index (χ0n) is 15.6. The zero-order chi connectivity index (χ0) is 17.9. The van der Waals surface area contributed by atoms with Crippen LogP contribution in [0.1, 0.15) is 46.5 Å². The second kappa shape index (κ2) is 7.50. The van der Waals surface area contributed by atoms with Crippen molar-refractivity contribution < 1.29 is 9.53 Å². The molecule has 1 aliphatic carbocycles. The van der Waals surface area contributed by atoms with Crippen LogP contribution >= 0.6 is 0 Å². The van der Waals surface area contributed by atoms with E-state index in [1.165, 1.54) is 31.4 Å². The number of rotatable bonds is 3. The Morgan fingerprint density at radius 3 is 2.52 bits per heavy atom. The van der Waals surface area contributed by atoms with Crippen molar-refractivity contribution in [2.45, 2.75) is 58.1 Å². The van der Waals surface area contributed by atoms with Crippen LogP contribution in [-0.4, -0.2) is 53.8 Å². The highest BCUT2D eigenvalue weighted by atomic mass is 16.6. The summed E-state index contributed by atoms with van der Waals surface area (Å²) in [5.74, 6) is 0.957. The first-order valence-corrected chi connectivity index (χ1v) is 9.36. The van der Waals surface area contributed by atoms with E-state index in [2.05, 4.69) is 21.3 Å². The minimum Gasteiger partial charge on any atom is -0.444 e. The van der Waals surface area contributed by atoms with Crippen LogP contribution in [0.5, 0.6) is 0 Å². The Kier molecular flexibility index (Phi) is 5.35. The van der Waals surface area contributed by atoms with E-state index in [1.54, 1.807) is 4.90 Å². The number of hydrogen-bond acceptors (Lipinski definition) is 5. The zero-order valence-corrected chi connectivity index (χ0v) is 15.6. The summed E-state index contributed by atoms with van der Waals surface area (Å²) in [6.45, 7) is 8.69. The molecule has 0 bridgehead atoms. The van der Waals surface area contributed by atoms with E-state index in [-0.39, 0.29) is 6.09 Å². The molecule has 3 rings (SSSR count). The molecular weight excluding hydrogens is 316 g/mol. The molecule has 6 nitrogen and oxygen atoms in total. The van der Waals surface area contributed by atoms with Crippen LogP contribution in [0.3, 0.4) is 0 Å². The maximum Gasteiger partial charge on any atom is 0.410 e. The Morgan fingerprint density at radius 2 is 1.88 bits per heavy atom. The first-order valence-electron chi connectivity index (χ1n) is 9.36. The van der Waals surface area contributed by atoms with Crippen molar-refractivity contribution in [3.8, 4) is 0 Å².